The van der Waals surface area contributed by atoms with Gasteiger partial charge in [-0.05, 0) is 44.2 Å². The molecule has 1 amide bonds. The number of hydrogen-bond acceptors (Lipinski definition) is 4. The summed E-state index contributed by atoms with van der Waals surface area (Å²) in [7, 11) is 0. The summed E-state index contributed by atoms with van der Waals surface area (Å²) >= 11 is 0. The number of carbonyl (C=O) groups is 1. The lowest BCUT2D eigenvalue weighted by molar-refractivity contribution is -0.136. The first-order valence-electron chi connectivity index (χ1n) is 9.66. The molecule has 2 N–H and O–H groups in total. The average Bonchev–Trinajstić information content (AvgIpc) is 3.31. The average molecular weight is 353 g/mol. The highest BCUT2D eigenvalue weighted by Gasteiger charge is 2.33. The number of carbonyl (C=O) groups excluding carboxylic acids is 1. The van der Waals surface area contributed by atoms with Crippen LogP contribution in [0.25, 0.3) is 0 Å². The lowest BCUT2D eigenvalue weighted by Gasteiger charge is -2.33. The van der Waals surface area contributed by atoms with Crippen LogP contribution in [-0.4, -0.2) is 44.5 Å². The Morgan fingerprint density at radius 1 is 1.12 bits per heavy atom. The van der Waals surface area contributed by atoms with E-state index in [1.807, 2.05) is 41.7 Å². The van der Waals surface area contributed by atoms with Crippen molar-refractivity contribution in [1.82, 2.24) is 19.4 Å². The lowest BCUT2D eigenvalue weighted by atomic mass is 9.94. The number of pyridine rings is 1. The van der Waals surface area contributed by atoms with Crippen LogP contribution < -0.4 is 5.73 Å². The molecule has 2 fully saturated rings. The first-order chi connectivity index (χ1) is 12.7. The van der Waals surface area contributed by atoms with Gasteiger partial charge < -0.3 is 15.2 Å². The molecule has 1 saturated heterocycles. The molecule has 2 atom stereocenters. The van der Waals surface area contributed by atoms with Crippen LogP contribution in [0.1, 0.15) is 49.5 Å². The summed E-state index contributed by atoms with van der Waals surface area (Å²) in [6, 6.07) is 6.19. The quantitative estimate of drug-likeness (QED) is 0.914. The Hall–Kier alpha value is -2.21. The summed E-state index contributed by atoms with van der Waals surface area (Å²) in [5.41, 5.74) is 7.01. The summed E-state index contributed by atoms with van der Waals surface area (Å²) in [5, 5.41) is 0. The second-order valence-electron chi connectivity index (χ2n) is 7.60. The molecule has 1 saturated carbocycles. The van der Waals surface area contributed by atoms with E-state index in [-0.39, 0.29) is 12.0 Å². The van der Waals surface area contributed by atoms with E-state index in [0.717, 1.165) is 63.3 Å². The van der Waals surface area contributed by atoms with Crippen LogP contribution in [-0.2, 0) is 11.3 Å². The number of aromatic nitrogens is 3. The minimum atomic E-state index is 0.146. The molecule has 3 heterocycles. The Morgan fingerprint density at radius 2 is 1.96 bits per heavy atom. The van der Waals surface area contributed by atoms with Crippen LogP contribution >= 0.6 is 0 Å². The van der Waals surface area contributed by atoms with Crippen molar-refractivity contribution in [3.8, 4) is 0 Å². The maximum atomic E-state index is 12.7. The number of imidazole rings is 1. The summed E-state index contributed by atoms with van der Waals surface area (Å²) in [6.07, 6.45) is 10.5. The fraction of sp³-hybridized carbons (Fsp3) is 0.550. The van der Waals surface area contributed by atoms with Crippen LogP contribution in [0.2, 0.25) is 0 Å². The topological polar surface area (TPSA) is 77.0 Å². The van der Waals surface area contributed by atoms with E-state index in [2.05, 4.69) is 14.5 Å². The third kappa shape index (κ3) is 3.65. The summed E-state index contributed by atoms with van der Waals surface area (Å²) in [6.45, 7) is 2.40. The van der Waals surface area contributed by atoms with E-state index in [0.29, 0.717) is 11.8 Å². The third-order valence-electron chi connectivity index (χ3n) is 5.80. The monoisotopic (exact) mass is 353 g/mol. The second-order valence-corrected chi connectivity index (χ2v) is 7.60. The SMILES string of the molecule is N[C@H]1CC[C@@H](C(=O)N2CCC(c3nccn3Cc3ccccn3)CC2)C1. The Balaban J connectivity index is 1.37. The van der Waals surface area contributed by atoms with E-state index in [4.69, 9.17) is 5.73 Å². The molecule has 6 nitrogen and oxygen atoms in total. The van der Waals surface area contributed by atoms with Crippen molar-refractivity contribution in [2.75, 3.05) is 13.1 Å². The molecule has 0 spiro atoms. The number of likely N-dealkylation sites (tertiary alicyclic amines) is 1. The van der Waals surface area contributed by atoms with Crippen molar-refractivity contribution in [3.05, 3.63) is 48.3 Å². The smallest absolute Gasteiger partial charge is 0.225 e. The lowest BCUT2D eigenvalue weighted by Crippen LogP contribution is -2.41. The Bertz CT molecular complexity index is 736. The van der Waals surface area contributed by atoms with Crippen molar-refractivity contribution >= 4 is 5.91 Å². The zero-order valence-corrected chi connectivity index (χ0v) is 15.1. The fourth-order valence-corrected chi connectivity index (χ4v) is 4.34. The summed E-state index contributed by atoms with van der Waals surface area (Å²) < 4.78 is 2.19. The number of piperidine rings is 1. The van der Waals surface area contributed by atoms with Gasteiger partial charge in [-0.2, -0.15) is 0 Å². The van der Waals surface area contributed by atoms with Gasteiger partial charge in [-0.3, -0.25) is 9.78 Å². The highest BCUT2D eigenvalue weighted by atomic mass is 16.2. The molecule has 26 heavy (non-hydrogen) atoms. The number of nitrogens with zero attached hydrogens (tertiary/aromatic N) is 4. The molecule has 2 aromatic rings. The van der Waals surface area contributed by atoms with Crippen LogP contribution in [0, 0.1) is 5.92 Å². The highest BCUT2D eigenvalue weighted by Crippen LogP contribution is 2.31. The van der Waals surface area contributed by atoms with Crippen LogP contribution in [0.15, 0.2) is 36.8 Å². The minimum Gasteiger partial charge on any atom is -0.342 e. The summed E-state index contributed by atoms with van der Waals surface area (Å²) in [4.78, 5) is 23.8. The van der Waals surface area contributed by atoms with Crippen LogP contribution in [0.3, 0.4) is 0 Å². The summed E-state index contributed by atoms with van der Waals surface area (Å²) in [5.74, 6) is 1.98. The molecular formula is C20H27N5O. The van der Waals surface area contributed by atoms with E-state index in [9.17, 15) is 4.79 Å². The molecule has 6 heteroatoms. The molecule has 0 unspecified atom stereocenters. The van der Waals surface area contributed by atoms with E-state index >= 15 is 0 Å². The molecule has 1 aliphatic carbocycles. The molecule has 0 bridgehead atoms. The molecule has 0 aromatic carbocycles. The van der Waals surface area contributed by atoms with Crippen molar-refractivity contribution in [1.29, 1.82) is 0 Å². The van der Waals surface area contributed by atoms with Gasteiger partial charge in [-0.15, -0.1) is 0 Å². The number of hydrogen-bond donors (Lipinski definition) is 1. The zero-order valence-electron chi connectivity index (χ0n) is 15.1. The van der Waals surface area contributed by atoms with Gasteiger partial charge >= 0.3 is 0 Å². The standard InChI is InChI=1S/C20H27N5O/c21-17-5-4-16(13-17)20(26)24-10-6-15(7-11-24)19-23-9-12-25(19)14-18-3-1-2-8-22-18/h1-3,8-9,12,15-17H,4-7,10-11,13-14,21H2/t16-,17+/m1/s1. The van der Waals surface area contributed by atoms with Gasteiger partial charge in [-0.1, -0.05) is 6.07 Å². The third-order valence-corrected chi connectivity index (χ3v) is 5.80. The molecule has 138 valence electrons. The Kier molecular flexibility index (Phi) is 5.02. The van der Waals surface area contributed by atoms with Crippen LogP contribution in [0.4, 0.5) is 0 Å². The van der Waals surface area contributed by atoms with Gasteiger partial charge in [-0.25, -0.2) is 4.98 Å². The highest BCUT2D eigenvalue weighted by molar-refractivity contribution is 5.79. The first kappa shape index (κ1) is 17.2. The number of rotatable bonds is 4. The molecule has 4 rings (SSSR count). The van der Waals surface area contributed by atoms with E-state index in [1.165, 1.54) is 0 Å². The molecule has 2 aromatic heterocycles. The predicted octanol–water partition coefficient (Wildman–Crippen LogP) is 2.16. The minimum absolute atomic E-state index is 0.146. The zero-order chi connectivity index (χ0) is 17.9. The normalized spacial score (nSPS) is 24.1. The molecular weight excluding hydrogens is 326 g/mol. The van der Waals surface area contributed by atoms with Gasteiger partial charge in [0.15, 0.2) is 0 Å². The second kappa shape index (κ2) is 7.58. The van der Waals surface area contributed by atoms with Gasteiger partial charge in [0, 0.05) is 49.6 Å². The van der Waals surface area contributed by atoms with Crippen molar-refractivity contribution in [2.45, 2.75) is 50.6 Å². The fourth-order valence-electron chi connectivity index (χ4n) is 4.34. The van der Waals surface area contributed by atoms with E-state index in [1.54, 1.807) is 0 Å². The van der Waals surface area contributed by atoms with Gasteiger partial charge in [0.05, 0.1) is 12.2 Å². The van der Waals surface area contributed by atoms with Crippen LogP contribution in [0.5, 0.6) is 0 Å². The predicted molar refractivity (Wildman–Crippen MR) is 99.4 cm³/mol. The van der Waals surface area contributed by atoms with Gasteiger partial charge in [0.2, 0.25) is 5.91 Å². The maximum absolute atomic E-state index is 12.7. The van der Waals surface area contributed by atoms with Crippen molar-refractivity contribution in [3.63, 3.8) is 0 Å². The maximum Gasteiger partial charge on any atom is 0.225 e. The van der Waals surface area contributed by atoms with Crippen molar-refractivity contribution < 1.29 is 4.79 Å². The molecule has 2 aliphatic rings. The largest absolute Gasteiger partial charge is 0.342 e. The Labute approximate surface area is 154 Å². The first-order valence-corrected chi connectivity index (χ1v) is 9.66. The Morgan fingerprint density at radius 3 is 2.65 bits per heavy atom. The van der Waals surface area contributed by atoms with Gasteiger partial charge in [0.25, 0.3) is 0 Å². The molecule has 0 radical (unpaired) electrons. The molecule has 1 aliphatic heterocycles. The number of nitrogens with two attached hydrogens (primary N) is 1. The number of amides is 1. The van der Waals surface area contributed by atoms with Gasteiger partial charge in [0.1, 0.15) is 5.82 Å². The van der Waals surface area contributed by atoms with E-state index < -0.39 is 0 Å². The van der Waals surface area contributed by atoms with Crippen molar-refractivity contribution in [2.24, 2.45) is 11.7 Å².